The molecule has 2 aliphatic rings. The van der Waals surface area contributed by atoms with Crippen LogP contribution in [0.5, 0.6) is 0 Å². The smallest absolute Gasteiger partial charge is 0.338 e. The van der Waals surface area contributed by atoms with Crippen LogP contribution in [0.2, 0.25) is 5.02 Å². The molecule has 0 aliphatic carbocycles. The van der Waals surface area contributed by atoms with Gasteiger partial charge < -0.3 is 15.4 Å². The molecule has 16 nitrogen and oxygen atoms in total. The molecule has 8 rings (SSSR count). The van der Waals surface area contributed by atoms with E-state index in [-0.39, 0.29) is 42.8 Å². The quantitative estimate of drug-likeness (QED) is 0.0715. The first-order chi connectivity index (χ1) is 27.1. The number of aryl methyl sites for hydroxylation is 1. The molecule has 1 fully saturated rings. The van der Waals surface area contributed by atoms with Gasteiger partial charge in [-0.05, 0) is 67.8 Å². The van der Waals surface area contributed by atoms with Crippen molar-refractivity contribution in [2.45, 2.75) is 38.3 Å². The number of hydrogen-bond donors (Lipinski definition) is 3. The Hall–Kier alpha value is -7.07. The molecule has 1 unspecified atom stereocenters. The van der Waals surface area contributed by atoms with Crippen molar-refractivity contribution < 1.29 is 33.5 Å². The molecule has 6 aromatic rings. The van der Waals surface area contributed by atoms with Gasteiger partial charge in [-0.1, -0.05) is 35.0 Å². The molecular weight excluding hydrogens is 742 g/mol. The van der Waals surface area contributed by atoms with Crippen LogP contribution in [-0.4, -0.2) is 78.0 Å². The first-order valence-corrected chi connectivity index (χ1v) is 17.9. The van der Waals surface area contributed by atoms with Crippen LogP contribution in [0.3, 0.4) is 0 Å². The molecule has 0 bridgehead atoms. The summed E-state index contributed by atoms with van der Waals surface area (Å²) in [6.45, 7) is -0.148. The molecule has 0 radical (unpaired) electrons. The Kier molecular flexibility index (Phi) is 9.62. The number of anilines is 3. The summed E-state index contributed by atoms with van der Waals surface area (Å²) >= 11 is 6.18. The number of carbonyl (C=O) groups excluding carboxylic acids is 6. The van der Waals surface area contributed by atoms with Crippen LogP contribution in [0.25, 0.3) is 21.7 Å². The predicted molar refractivity (Wildman–Crippen MR) is 202 cm³/mol. The van der Waals surface area contributed by atoms with Crippen LogP contribution in [0, 0.1) is 0 Å². The number of rotatable bonds is 11. The van der Waals surface area contributed by atoms with Gasteiger partial charge in [-0.15, -0.1) is 5.10 Å². The lowest BCUT2D eigenvalue weighted by Crippen LogP contribution is -2.54. The van der Waals surface area contributed by atoms with E-state index in [0.717, 1.165) is 26.7 Å². The number of piperidine rings is 1. The molecule has 2 aliphatic heterocycles. The third-order valence-electron chi connectivity index (χ3n) is 9.36. The van der Waals surface area contributed by atoms with Crippen LogP contribution < -0.4 is 16.0 Å². The molecule has 1 atom stereocenters. The van der Waals surface area contributed by atoms with Gasteiger partial charge in [-0.25, -0.2) is 14.5 Å². The fourth-order valence-corrected chi connectivity index (χ4v) is 6.95. The molecule has 56 heavy (non-hydrogen) atoms. The Balaban J connectivity index is 0.861. The normalized spacial score (nSPS) is 15.2. The number of fused-ring (bicyclic) bond motifs is 4. The molecule has 5 amide bonds. The first kappa shape index (κ1) is 35.9. The maximum absolute atomic E-state index is 13.3. The Morgan fingerprint density at radius 1 is 0.964 bits per heavy atom. The van der Waals surface area contributed by atoms with E-state index in [1.807, 2.05) is 24.3 Å². The Bertz CT molecular complexity index is 2630. The minimum atomic E-state index is -1.13. The summed E-state index contributed by atoms with van der Waals surface area (Å²) in [4.78, 5) is 86.4. The van der Waals surface area contributed by atoms with Gasteiger partial charge in [0.2, 0.25) is 17.7 Å². The Morgan fingerprint density at radius 3 is 2.66 bits per heavy atom. The molecule has 3 aromatic carbocycles. The predicted octanol–water partition coefficient (Wildman–Crippen LogP) is 4.60. The van der Waals surface area contributed by atoms with Crippen LogP contribution in [0.15, 0.2) is 85.3 Å². The van der Waals surface area contributed by atoms with Gasteiger partial charge in [0.1, 0.15) is 18.4 Å². The van der Waals surface area contributed by atoms with Crippen LogP contribution in [0.1, 0.15) is 56.0 Å². The van der Waals surface area contributed by atoms with E-state index < -0.39 is 41.5 Å². The van der Waals surface area contributed by atoms with Crippen molar-refractivity contribution in [3.05, 3.63) is 113 Å². The van der Waals surface area contributed by atoms with Crippen molar-refractivity contribution in [1.29, 1.82) is 0 Å². The standard InChI is InChI=1S/C39H30ClN9O7/c40-22-4-1-5-23(17-22)42-35-26-13-14-41-18-28(26)25-10-9-21(16-30(25)44-35)39(55)56-15-3-6-24-19-48(47-46-24)20-33(51)43-29-8-2-7-27-34(29)38(54)49(37(27)53)31-11-12-32(50)45-36(31)52/h1-2,4-5,7-10,13-14,16-19,31H,3,6,11-12,15,20H2,(H,42,44)(H,43,51)(H,45,50,52). The summed E-state index contributed by atoms with van der Waals surface area (Å²) < 4.78 is 6.87. The maximum Gasteiger partial charge on any atom is 0.338 e. The second-order valence-corrected chi connectivity index (χ2v) is 13.6. The van der Waals surface area contributed by atoms with Crippen LogP contribution in [-0.2, 0) is 32.1 Å². The number of carbonyl (C=O) groups is 6. The highest BCUT2D eigenvalue weighted by Gasteiger charge is 2.45. The zero-order valence-corrected chi connectivity index (χ0v) is 30.1. The summed E-state index contributed by atoms with van der Waals surface area (Å²) in [5, 5.41) is 19.4. The first-order valence-electron chi connectivity index (χ1n) is 17.5. The Morgan fingerprint density at radius 2 is 1.82 bits per heavy atom. The zero-order valence-electron chi connectivity index (χ0n) is 29.3. The van der Waals surface area contributed by atoms with Crippen molar-refractivity contribution in [3.63, 3.8) is 0 Å². The number of amides is 5. The van der Waals surface area contributed by atoms with Crippen molar-refractivity contribution in [2.75, 3.05) is 17.2 Å². The number of nitrogens with zero attached hydrogens (tertiary/aromatic N) is 6. The summed E-state index contributed by atoms with van der Waals surface area (Å²) in [7, 11) is 0. The zero-order chi connectivity index (χ0) is 38.9. The number of nitrogens with one attached hydrogen (secondary N) is 3. The molecule has 5 heterocycles. The van der Waals surface area contributed by atoms with Gasteiger partial charge in [0.05, 0.1) is 40.2 Å². The molecule has 3 aromatic heterocycles. The van der Waals surface area contributed by atoms with Crippen LogP contribution in [0.4, 0.5) is 17.2 Å². The van der Waals surface area contributed by atoms with E-state index in [1.165, 1.54) is 22.9 Å². The van der Waals surface area contributed by atoms with E-state index in [2.05, 4.69) is 31.2 Å². The fourth-order valence-electron chi connectivity index (χ4n) is 6.76. The molecular formula is C39H30ClN9O7. The van der Waals surface area contributed by atoms with Gasteiger partial charge in [0.15, 0.2) is 0 Å². The van der Waals surface area contributed by atoms with E-state index in [4.69, 9.17) is 21.3 Å². The lowest BCUT2D eigenvalue weighted by Gasteiger charge is -2.27. The second-order valence-electron chi connectivity index (χ2n) is 13.1. The molecule has 1 saturated heterocycles. The molecule has 0 spiro atoms. The summed E-state index contributed by atoms with van der Waals surface area (Å²) in [5.74, 6) is -3.09. The molecule has 0 saturated carbocycles. The van der Waals surface area contributed by atoms with Crippen LogP contribution >= 0.6 is 11.6 Å². The lowest BCUT2D eigenvalue weighted by molar-refractivity contribution is -0.136. The molecule has 280 valence electrons. The highest BCUT2D eigenvalue weighted by molar-refractivity contribution is 6.31. The van der Waals surface area contributed by atoms with Crippen molar-refractivity contribution in [3.8, 4) is 0 Å². The van der Waals surface area contributed by atoms with Gasteiger partial charge in [0, 0.05) is 51.9 Å². The number of halogens is 1. The van der Waals surface area contributed by atoms with Crippen molar-refractivity contribution in [1.82, 2.24) is 35.2 Å². The molecule has 3 N–H and O–H groups in total. The van der Waals surface area contributed by atoms with Gasteiger partial charge in [-0.2, -0.15) is 0 Å². The number of aromatic nitrogens is 5. The topological polar surface area (TPSA) is 207 Å². The fraction of sp³-hybridized carbons (Fsp3) is 0.179. The maximum atomic E-state index is 13.3. The lowest BCUT2D eigenvalue weighted by atomic mass is 10.0. The van der Waals surface area contributed by atoms with Gasteiger partial charge >= 0.3 is 5.97 Å². The Labute approximate surface area is 322 Å². The van der Waals surface area contributed by atoms with E-state index in [9.17, 15) is 28.8 Å². The third-order valence-corrected chi connectivity index (χ3v) is 9.60. The number of benzene rings is 3. The average molecular weight is 772 g/mol. The van der Waals surface area contributed by atoms with E-state index >= 15 is 0 Å². The minimum Gasteiger partial charge on any atom is -0.462 e. The number of esters is 1. The van der Waals surface area contributed by atoms with Crippen molar-refractivity contribution in [2.24, 2.45) is 0 Å². The summed E-state index contributed by atoms with van der Waals surface area (Å²) in [6, 6.07) is 17.6. The van der Waals surface area contributed by atoms with Gasteiger partial charge in [-0.3, -0.25) is 39.2 Å². The van der Waals surface area contributed by atoms with E-state index in [1.54, 1.807) is 42.9 Å². The summed E-state index contributed by atoms with van der Waals surface area (Å²) in [5.41, 5.74) is 2.34. The highest BCUT2D eigenvalue weighted by Crippen LogP contribution is 2.33. The number of pyridine rings is 2. The minimum absolute atomic E-state index is 0.00966. The third kappa shape index (κ3) is 7.12. The largest absolute Gasteiger partial charge is 0.462 e. The SMILES string of the molecule is O=C1CCC(N2C(=O)c3cccc(NC(=O)Cn4cc(CCCOC(=O)c5ccc6c(c5)nc(Nc5cccc(Cl)c5)c5ccncc56)nn4)c3C2=O)C(=O)N1. The van der Waals surface area contributed by atoms with Gasteiger partial charge in [0.25, 0.3) is 11.8 Å². The highest BCUT2D eigenvalue weighted by atomic mass is 35.5. The second kappa shape index (κ2) is 15.0. The summed E-state index contributed by atoms with van der Waals surface area (Å²) in [6.07, 6.45) is 5.87. The number of ether oxygens (including phenoxy) is 1. The average Bonchev–Trinajstić information content (AvgIpc) is 3.73. The number of imide groups is 2. The number of hydrogen-bond acceptors (Lipinski definition) is 12. The van der Waals surface area contributed by atoms with Crippen molar-refractivity contribution >= 4 is 86.0 Å². The molecule has 17 heteroatoms. The van der Waals surface area contributed by atoms with E-state index in [0.29, 0.717) is 40.5 Å². The monoisotopic (exact) mass is 771 g/mol.